The van der Waals surface area contributed by atoms with Crippen LogP contribution in [0.15, 0.2) is 72.9 Å². The number of hydrogen-bond acceptors (Lipinski definition) is 9. The van der Waals surface area contributed by atoms with Gasteiger partial charge in [-0.3, -0.25) is 24.6 Å². The molecule has 3 aromatic carbocycles. The van der Waals surface area contributed by atoms with Crippen LogP contribution in [0.4, 0.5) is 11.6 Å². The summed E-state index contributed by atoms with van der Waals surface area (Å²) in [7, 11) is 0. The quantitative estimate of drug-likeness (QED) is 0.253. The fraction of sp³-hybridized carbons (Fsp3) is 0.395. The van der Waals surface area contributed by atoms with Crippen molar-refractivity contribution >= 4 is 40.3 Å². The predicted molar refractivity (Wildman–Crippen MR) is 186 cm³/mol. The second kappa shape index (κ2) is 12.9. The number of hydrogen-bond donors (Lipinski definition) is 3. The minimum atomic E-state index is -0.970. The molecule has 1 aromatic heterocycles. The molecule has 11 heteroatoms. The molecule has 3 fully saturated rings. The molecule has 4 aromatic rings. The maximum atomic E-state index is 13.1. The molecular formula is C38H41N7O4. The van der Waals surface area contributed by atoms with Crippen molar-refractivity contribution in [1.82, 2.24) is 25.1 Å². The van der Waals surface area contributed by atoms with Crippen LogP contribution >= 0.6 is 0 Å². The molecule has 0 bridgehead atoms. The highest BCUT2D eigenvalue weighted by molar-refractivity contribution is 6.05. The van der Waals surface area contributed by atoms with Crippen LogP contribution < -0.4 is 15.5 Å². The molecule has 0 aliphatic carbocycles. The second-order valence-electron chi connectivity index (χ2n) is 13.9. The van der Waals surface area contributed by atoms with E-state index in [4.69, 9.17) is 0 Å². The van der Waals surface area contributed by atoms with E-state index in [1.54, 1.807) is 11.0 Å². The van der Waals surface area contributed by atoms with Crippen molar-refractivity contribution in [1.29, 1.82) is 0 Å². The maximum absolute atomic E-state index is 13.1. The molecule has 252 valence electrons. The van der Waals surface area contributed by atoms with Crippen molar-refractivity contribution in [2.24, 2.45) is 0 Å². The molecule has 5 heterocycles. The lowest BCUT2D eigenvalue weighted by atomic mass is 9.83. The largest absolute Gasteiger partial charge is 0.385 e. The fourth-order valence-electron chi connectivity index (χ4n) is 7.81. The van der Waals surface area contributed by atoms with E-state index >= 15 is 0 Å². The number of likely N-dealkylation sites (tertiary alicyclic amines) is 1. The summed E-state index contributed by atoms with van der Waals surface area (Å²) in [6, 6.07) is 22.2. The summed E-state index contributed by atoms with van der Waals surface area (Å²) in [5.41, 5.74) is 4.68. The number of fused-ring (bicyclic) bond motifs is 2. The standard InChI is InChI=1S/C38H41N7O4/c46-34-12-11-33(35(47)42-34)45-24-27-21-28(7-10-31(27)36(45)48)38(49)15-19-43(20-16-38)23-25-5-8-30(9-6-25)44-17-13-29(14-18-44)40-37-39-22-26-3-1-2-4-32(26)41-37/h1-10,21-22,29,33,49H,11-20,23-24H2,(H,39,40,41)(H,42,46,47). The minimum absolute atomic E-state index is 0.197. The first-order valence-electron chi connectivity index (χ1n) is 17.4. The number of imide groups is 1. The number of benzene rings is 3. The van der Waals surface area contributed by atoms with Crippen molar-refractivity contribution in [3.63, 3.8) is 0 Å². The van der Waals surface area contributed by atoms with Crippen LogP contribution in [0, 0.1) is 0 Å². The van der Waals surface area contributed by atoms with Gasteiger partial charge in [-0.2, -0.15) is 0 Å². The SMILES string of the molecule is O=C1CCC(N2Cc3cc(C4(O)CCN(Cc5ccc(N6CCC(Nc7ncc8ccccc8n7)CC6)cc5)CC4)ccc3C2=O)C(=O)N1. The van der Waals surface area contributed by atoms with E-state index in [2.05, 4.69) is 54.7 Å². The molecule has 1 atom stereocenters. The van der Waals surface area contributed by atoms with E-state index in [-0.39, 0.29) is 18.2 Å². The molecule has 0 spiro atoms. The van der Waals surface area contributed by atoms with E-state index in [1.807, 2.05) is 42.6 Å². The van der Waals surface area contributed by atoms with Crippen molar-refractivity contribution in [3.8, 4) is 0 Å². The molecule has 4 aliphatic rings. The number of aromatic nitrogens is 2. The smallest absolute Gasteiger partial charge is 0.255 e. The number of para-hydroxylation sites is 1. The highest BCUT2D eigenvalue weighted by atomic mass is 16.3. The van der Waals surface area contributed by atoms with Gasteiger partial charge < -0.3 is 20.2 Å². The Bertz CT molecular complexity index is 1900. The molecular weight excluding hydrogens is 618 g/mol. The summed E-state index contributed by atoms with van der Waals surface area (Å²) in [5.74, 6) is -0.218. The Morgan fingerprint density at radius 3 is 2.47 bits per heavy atom. The molecule has 11 nitrogen and oxygen atoms in total. The third-order valence-electron chi connectivity index (χ3n) is 10.8. The number of nitrogens with zero attached hydrogens (tertiary/aromatic N) is 5. The Morgan fingerprint density at radius 2 is 1.69 bits per heavy atom. The Kier molecular flexibility index (Phi) is 8.25. The van der Waals surface area contributed by atoms with Gasteiger partial charge in [0, 0.05) is 74.6 Å². The summed E-state index contributed by atoms with van der Waals surface area (Å²) in [6.45, 7) is 4.60. The average molecular weight is 660 g/mol. The van der Waals surface area contributed by atoms with Gasteiger partial charge in [0.25, 0.3) is 5.91 Å². The van der Waals surface area contributed by atoms with Gasteiger partial charge >= 0.3 is 0 Å². The van der Waals surface area contributed by atoms with Gasteiger partial charge in [-0.1, -0.05) is 42.5 Å². The lowest BCUT2D eigenvalue weighted by molar-refractivity contribution is -0.136. The first-order chi connectivity index (χ1) is 23.8. The number of rotatable bonds is 7. The molecule has 0 radical (unpaired) electrons. The topological polar surface area (TPSA) is 131 Å². The monoisotopic (exact) mass is 659 g/mol. The zero-order valence-corrected chi connectivity index (χ0v) is 27.5. The maximum Gasteiger partial charge on any atom is 0.255 e. The lowest BCUT2D eigenvalue weighted by Gasteiger charge is -2.39. The molecule has 49 heavy (non-hydrogen) atoms. The number of piperidine rings is 3. The zero-order chi connectivity index (χ0) is 33.5. The van der Waals surface area contributed by atoms with Crippen LogP contribution in [0.1, 0.15) is 65.6 Å². The summed E-state index contributed by atoms with van der Waals surface area (Å²) in [4.78, 5) is 52.7. The van der Waals surface area contributed by atoms with Crippen LogP contribution in [0.2, 0.25) is 0 Å². The Labute approximate surface area is 285 Å². The summed E-state index contributed by atoms with van der Waals surface area (Å²) in [5, 5.41) is 18.6. The highest BCUT2D eigenvalue weighted by Crippen LogP contribution is 2.37. The van der Waals surface area contributed by atoms with E-state index in [0.29, 0.717) is 43.4 Å². The molecule has 1 unspecified atom stereocenters. The molecule has 3 N–H and O–H groups in total. The van der Waals surface area contributed by atoms with Crippen LogP contribution in [0.25, 0.3) is 10.9 Å². The van der Waals surface area contributed by atoms with E-state index in [9.17, 15) is 19.5 Å². The lowest BCUT2D eigenvalue weighted by Crippen LogP contribution is -2.52. The van der Waals surface area contributed by atoms with Crippen molar-refractivity contribution < 1.29 is 19.5 Å². The third-order valence-corrected chi connectivity index (χ3v) is 10.8. The number of carbonyl (C=O) groups excluding carboxylic acids is 3. The molecule has 4 aliphatic heterocycles. The number of amides is 3. The van der Waals surface area contributed by atoms with Crippen LogP contribution in [0.5, 0.6) is 0 Å². The van der Waals surface area contributed by atoms with Gasteiger partial charge in [0.15, 0.2) is 0 Å². The fourth-order valence-corrected chi connectivity index (χ4v) is 7.81. The first-order valence-corrected chi connectivity index (χ1v) is 17.4. The van der Waals surface area contributed by atoms with Gasteiger partial charge in [-0.15, -0.1) is 0 Å². The highest BCUT2D eigenvalue weighted by Gasteiger charge is 2.41. The average Bonchev–Trinajstić information content (AvgIpc) is 3.45. The van der Waals surface area contributed by atoms with Gasteiger partial charge in [0.2, 0.25) is 17.8 Å². The van der Waals surface area contributed by atoms with E-state index in [1.165, 1.54) is 11.3 Å². The normalized spacial score (nSPS) is 21.6. The predicted octanol–water partition coefficient (Wildman–Crippen LogP) is 3.96. The van der Waals surface area contributed by atoms with E-state index in [0.717, 1.165) is 67.6 Å². The Balaban J connectivity index is 0.823. The van der Waals surface area contributed by atoms with Gasteiger partial charge in [0.05, 0.1) is 11.1 Å². The summed E-state index contributed by atoms with van der Waals surface area (Å²) >= 11 is 0. The molecule has 8 rings (SSSR count). The zero-order valence-electron chi connectivity index (χ0n) is 27.5. The Hall–Kier alpha value is -4.87. The van der Waals surface area contributed by atoms with Crippen molar-refractivity contribution in [2.75, 3.05) is 36.4 Å². The van der Waals surface area contributed by atoms with Crippen molar-refractivity contribution in [2.45, 2.75) is 69.3 Å². The summed E-state index contributed by atoms with van der Waals surface area (Å²) in [6.07, 6.45) is 5.68. The molecule has 3 saturated heterocycles. The number of carbonyl (C=O) groups is 3. The van der Waals surface area contributed by atoms with Crippen LogP contribution in [0.3, 0.4) is 0 Å². The minimum Gasteiger partial charge on any atom is -0.385 e. The summed E-state index contributed by atoms with van der Waals surface area (Å²) < 4.78 is 0. The number of anilines is 2. The van der Waals surface area contributed by atoms with Gasteiger partial charge in [0.1, 0.15) is 6.04 Å². The Morgan fingerprint density at radius 1 is 0.918 bits per heavy atom. The van der Waals surface area contributed by atoms with Gasteiger partial charge in [-0.25, -0.2) is 9.97 Å². The van der Waals surface area contributed by atoms with E-state index < -0.39 is 17.6 Å². The second-order valence-corrected chi connectivity index (χ2v) is 13.9. The molecule has 0 saturated carbocycles. The first kappa shape index (κ1) is 31.4. The van der Waals surface area contributed by atoms with Crippen molar-refractivity contribution in [3.05, 3.63) is 95.2 Å². The van der Waals surface area contributed by atoms with Crippen LogP contribution in [-0.4, -0.2) is 80.9 Å². The number of aliphatic hydroxyl groups is 1. The third kappa shape index (κ3) is 6.36. The van der Waals surface area contributed by atoms with Crippen LogP contribution in [-0.2, 0) is 28.3 Å². The molecule has 3 amide bonds. The number of nitrogens with one attached hydrogen (secondary N) is 2. The van der Waals surface area contributed by atoms with Gasteiger partial charge in [-0.05, 0) is 73.1 Å².